The normalized spacial score (nSPS) is 13.2. The quantitative estimate of drug-likeness (QED) is 0.631. The molecule has 0 aromatic heterocycles. The summed E-state index contributed by atoms with van der Waals surface area (Å²) in [5.74, 6) is 0.768. The molecular weight excluding hydrogens is 326 g/mol. The molecule has 2 unspecified atom stereocenters. The smallest absolute Gasteiger partial charge is 0.162 e. The average molecular weight is 355 g/mol. The van der Waals surface area contributed by atoms with Crippen molar-refractivity contribution >= 4 is 5.78 Å². The maximum atomic E-state index is 11.6. The zero-order chi connectivity index (χ0) is 18.9. The number of ether oxygens (including phenoxy) is 1. The predicted octanol–water partition coefficient (Wildman–Crippen LogP) is 4.07. The molecule has 2 rings (SSSR count). The molecule has 0 aliphatic rings. The Morgan fingerprint density at radius 3 is 2.31 bits per heavy atom. The maximum absolute atomic E-state index is 11.6. The van der Waals surface area contributed by atoms with Crippen LogP contribution in [0, 0.1) is 6.92 Å². The minimum absolute atomic E-state index is 0.113. The fourth-order valence-corrected chi connectivity index (χ4v) is 2.77. The van der Waals surface area contributed by atoms with E-state index in [1.54, 1.807) is 24.3 Å². The van der Waals surface area contributed by atoms with Crippen LogP contribution in [0.5, 0.6) is 5.75 Å². The van der Waals surface area contributed by atoms with Crippen LogP contribution < -0.4 is 10.1 Å². The highest BCUT2D eigenvalue weighted by Gasteiger charge is 2.12. The summed E-state index contributed by atoms with van der Waals surface area (Å²) in [5.41, 5.74) is 3.15. The van der Waals surface area contributed by atoms with Crippen molar-refractivity contribution in [3.05, 3.63) is 65.2 Å². The standard InChI is InChI=1S/C22H29NO3/c1-4-21(17-8-6-16(3)7-9-17)23-14-19(24)15-26-20-12-10-18(11-13-20)22(25)5-2/h6-13,19,21,23-24H,4-5,14-15H2,1-3H3. The van der Waals surface area contributed by atoms with Crippen molar-refractivity contribution in [3.63, 3.8) is 0 Å². The van der Waals surface area contributed by atoms with Gasteiger partial charge in [0.1, 0.15) is 18.5 Å². The van der Waals surface area contributed by atoms with E-state index in [-0.39, 0.29) is 18.4 Å². The summed E-state index contributed by atoms with van der Waals surface area (Å²) in [4.78, 5) is 11.6. The van der Waals surface area contributed by atoms with Gasteiger partial charge in [0, 0.05) is 24.6 Å². The number of aryl methyl sites for hydroxylation is 1. The van der Waals surface area contributed by atoms with Crippen LogP contribution in [-0.2, 0) is 0 Å². The van der Waals surface area contributed by atoms with E-state index in [0.29, 0.717) is 24.3 Å². The Hall–Kier alpha value is -2.17. The second-order valence-electron chi connectivity index (χ2n) is 6.55. The number of aliphatic hydroxyl groups is 1. The molecule has 0 bridgehead atoms. The van der Waals surface area contributed by atoms with Crippen LogP contribution in [0.15, 0.2) is 48.5 Å². The van der Waals surface area contributed by atoms with Gasteiger partial charge in [-0.2, -0.15) is 0 Å². The fourth-order valence-electron chi connectivity index (χ4n) is 2.77. The molecule has 0 radical (unpaired) electrons. The highest BCUT2D eigenvalue weighted by atomic mass is 16.5. The van der Waals surface area contributed by atoms with Crippen molar-refractivity contribution in [3.8, 4) is 5.75 Å². The lowest BCUT2D eigenvalue weighted by molar-refractivity contribution is 0.0986. The molecule has 2 N–H and O–H groups in total. The van der Waals surface area contributed by atoms with E-state index in [1.807, 2.05) is 6.92 Å². The second-order valence-corrected chi connectivity index (χ2v) is 6.55. The van der Waals surface area contributed by atoms with Gasteiger partial charge in [-0.3, -0.25) is 4.79 Å². The number of hydrogen-bond donors (Lipinski definition) is 2. The number of hydrogen-bond acceptors (Lipinski definition) is 4. The van der Waals surface area contributed by atoms with Gasteiger partial charge in [0.2, 0.25) is 0 Å². The van der Waals surface area contributed by atoms with Gasteiger partial charge in [-0.25, -0.2) is 0 Å². The minimum atomic E-state index is -0.605. The second kappa shape index (κ2) is 10.1. The number of rotatable bonds is 10. The summed E-state index contributed by atoms with van der Waals surface area (Å²) in [6, 6.07) is 15.7. The Balaban J connectivity index is 1.79. The van der Waals surface area contributed by atoms with Gasteiger partial charge in [0.25, 0.3) is 0 Å². The van der Waals surface area contributed by atoms with Crippen LogP contribution in [0.25, 0.3) is 0 Å². The molecular formula is C22H29NO3. The molecule has 0 fully saturated rings. The predicted molar refractivity (Wildman–Crippen MR) is 105 cm³/mol. The van der Waals surface area contributed by atoms with Crippen LogP contribution in [0.1, 0.15) is 54.2 Å². The minimum Gasteiger partial charge on any atom is -0.491 e. The van der Waals surface area contributed by atoms with Gasteiger partial charge in [-0.1, -0.05) is 43.7 Å². The van der Waals surface area contributed by atoms with E-state index >= 15 is 0 Å². The van der Waals surface area contributed by atoms with Crippen molar-refractivity contribution in [2.24, 2.45) is 0 Å². The van der Waals surface area contributed by atoms with E-state index in [0.717, 1.165) is 6.42 Å². The lowest BCUT2D eigenvalue weighted by Crippen LogP contribution is -2.33. The molecule has 4 heteroatoms. The van der Waals surface area contributed by atoms with E-state index in [1.165, 1.54) is 11.1 Å². The summed E-state index contributed by atoms with van der Waals surface area (Å²) < 4.78 is 5.62. The Kier molecular flexibility index (Phi) is 7.82. The average Bonchev–Trinajstić information content (AvgIpc) is 2.68. The Morgan fingerprint density at radius 2 is 1.73 bits per heavy atom. The fraction of sp³-hybridized carbons (Fsp3) is 0.409. The monoisotopic (exact) mass is 355 g/mol. The third kappa shape index (κ3) is 5.97. The zero-order valence-electron chi connectivity index (χ0n) is 15.9. The van der Waals surface area contributed by atoms with E-state index in [4.69, 9.17) is 4.74 Å². The molecule has 0 saturated carbocycles. The lowest BCUT2D eigenvalue weighted by Gasteiger charge is -2.20. The first-order valence-electron chi connectivity index (χ1n) is 9.27. The number of aliphatic hydroxyl groups excluding tert-OH is 1. The molecule has 2 atom stereocenters. The van der Waals surface area contributed by atoms with Gasteiger partial charge >= 0.3 is 0 Å². The SMILES string of the molecule is CCC(=O)c1ccc(OCC(O)CNC(CC)c2ccc(C)cc2)cc1. The van der Waals surface area contributed by atoms with Crippen molar-refractivity contribution in [2.75, 3.05) is 13.2 Å². The number of ketones is 1. The first kappa shape index (κ1) is 20.1. The molecule has 26 heavy (non-hydrogen) atoms. The summed E-state index contributed by atoms with van der Waals surface area (Å²) in [5, 5.41) is 13.6. The molecule has 140 valence electrons. The topological polar surface area (TPSA) is 58.6 Å². The molecule has 0 aliphatic carbocycles. The van der Waals surface area contributed by atoms with E-state index in [9.17, 15) is 9.90 Å². The third-order valence-corrected chi connectivity index (χ3v) is 4.43. The first-order chi connectivity index (χ1) is 12.5. The maximum Gasteiger partial charge on any atom is 0.162 e. The number of carbonyl (C=O) groups is 1. The highest BCUT2D eigenvalue weighted by Crippen LogP contribution is 2.17. The van der Waals surface area contributed by atoms with Crippen molar-refractivity contribution in [2.45, 2.75) is 45.8 Å². The van der Waals surface area contributed by atoms with Crippen LogP contribution in [0.4, 0.5) is 0 Å². The first-order valence-corrected chi connectivity index (χ1v) is 9.27. The number of carbonyl (C=O) groups excluding carboxylic acids is 1. The van der Waals surface area contributed by atoms with Crippen LogP contribution in [-0.4, -0.2) is 30.1 Å². The number of nitrogens with one attached hydrogen (secondary N) is 1. The Bertz CT molecular complexity index is 680. The Labute approximate surface area is 156 Å². The molecule has 0 spiro atoms. The third-order valence-electron chi connectivity index (χ3n) is 4.43. The molecule has 0 amide bonds. The summed E-state index contributed by atoms with van der Waals surface area (Å²) in [6.45, 7) is 6.71. The largest absolute Gasteiger partial charge is 0.491 e. The number of Topliss-reactive ketones (excluding diaryl/α,β-unsaturated/α-hetero) is 1. The highest BCUT2D eigenvalue weighted by molar-refractivity contribution is 5.95. The van der Waals surface area contributed by atoms with Crippen molar-refractivity contribution in [1.82, 2.24) is 5.32 Å². The van der Waals surface area contributed by atoms with Crippen LogP contribution >= 0.6 is 0 Å². The van der Waals surface area contributed by atoms with Crippen LogP contribution in [0.2, 0.25) is 0 Å². The molecule has 2 aromatic rings. The van der Waals surface area contributed by atoms with Crippen molar-refractivity contribution in [1.29, 1.82) is 0 Å². The Morgan fingerprint density at radius 1 is 1.08 bits per heavy atom. The molecule has 4 nitrogen and oxygen atoms in total. The summed E-state index contributed by atoms with van der Waals surface area (Å²) in [6.07, 6.45) is 0.833. The summed E-state index contributed by atoms with van der Waals surface area (Å²) in [7, 11) is 0. The van der Waals surface area contributed by atoms with Gasteiger partial charge in [-0.05, 0) is 43.2 Å². The zero-order valence-corrected chi connectivity index (χ0v) is 15.9. The van der Waals surface area contributed by atoms with Crippen LogP contribution in [0.3, 0.4) is 0 Å². The summed E-state index contributed by atoms with van der Waals surface area (Å²) >= 11 is 0. The molecule has 0 heterocycles. The van der Waals surface area contributed by atoms with Gasteiger partial charge in [-0.15, -0.1) is 0 Å². The molecule has 0 saturated heterocycles. The van der Waals surface area contributed by atoms with Gasteiger partial charge < -0.3 is 15.2 Å². The van der Waals surface area contributed by atoms with Crippen molar-refractivity contribution < 1.29 is 14.6 Å². The lowest BCUT2D eigenvalue weighted by atomic mass is 10.0. The van der Waals surface area contributed by atoms with E-state index < -0.39 is 6.10 Å². The van der Waals surface area contributed by atoms with E-state index in [2.05, 4.69) is 43.4 Å². The van der Waals surface area contributed by atoms with Gasteiger partial charge in [0.15, 0.2) is 5.78 Å². The number of benzene rings is 2. The molecule has 0 aliphatic heterocycles. The van der Waals surface area contributed by atoms with Gasteiger partial charge in [0.05, 0.1) is 0 Å². The molecule has 2 aromatic carbocycles.